The van der Waals surface area contributed by atoms with Crippen LogP contribution in [-0.2, 0) is 6.42 Å². The van der Waals surface area contributed by atoms with Crippen LogP contribution in [0.15, 0.2) is 6.20 Å². The highest BCUT2D eigenvalue weighted by atomic mass is 32.1. The molecule has 3 N–H and O–H groups in total. The average Bonchev–Trinajstić information content (AvgIpc) is 2.94. The molecule has 4 heteroatoms. The molecule has 1 fully saturated rings. The summed E-state index contributed by atoms with van der Waals surface area (Å²) in [4.78, 5) is 5.84. The summed E-state index contributed by atoms with van der Waals surface area (Å²) >= 11 is 1.82. The molecule has 1 aliphatic carbocycles. The van der Waals surface area contributed by atoms with Crippen molar-refractivity contribution in [1.29, 1.82) is 0 Å². The summed E-state index contributed by atoms with van der Waals surface area (Å²) in [7, 11) is 0. The molecule has 17 heavy (non-hydrogen) atoms. The first kappa shape index (κ1) is 13.0. The fourth-order valence-corrected chi connectivity index (χ4v) is 3.30. The fourth-order valence-electron chi connectivity index (χ4n) is 2.42. The zero-order chi connectivity index (χ0) is 12.3. The van der Waals surface area contributed by atoms with Crippen LogP contribution in [0.3, 0.4) is 0 Å². The van der Waals surface area contributed by atoms with E-state index in [1.807, 2.05) is 17.5 Å². The van der Waals surface area contributed by atoms with E-state index in [0.717, 1.165) is 13.0 Å². The summed E-state index contributed by atoms with van der Waals surface area (Å²) in [5.41, 5.74) is 6.08. The van der Waals surface area contributed by atoms with E-state index in [-0.39, 0.29) is 0 Å². The van der Waals surface area contributed by atoms with Gasteiger partial charge in [-0.3, -0.25) is 0 Å². The first-order chi connectivity index (χ1) is 8.20. The van der Waals surface area contributed by atoms with Gasteiger partial charge in [0.15, 0.2) is 0 Å². The lowest BCUT2D eigenvalue weighted by Crippen LogP contribution is -2.34. The second kappa shape index (κ2) is 5.94. The van der Waals surface area contributed by atoms with Crippen molar-refractivity contribution in [2.45, 2.75) is 51.6 Å². The molecule has 1 aromatic rings. The Kier molecular flexibility index (Phi) is 4.54. The van der Waals surface area contributed by atoms with Gasteiger partial charge in [0.1, 0.15) is 5.01 Å². The normalized spacial score (nSPS) is 26.3. The minimum Gasteiger partial charge on any atom is -0.327 e. The molecule has 0 saturated heterocycles. The Labute approximate surface area is 108 Å². The van der Waals surface area contributed by atoms with Gasteiger partial charge in [0.25, 0.3) is 0 Å². The molecule has 96 valence electrons. The van der Waals surface area contributed by atoms with Gasteiger partial charge in [-0.1, -0.05) is 13.3 Å². The Balaban J connectivity index is 1.82. The molecule has 0 aliphatic heterocycles. The quantitative estimate of drug-likeness (QED) is 0.847. The van der Waals surface area contributed by atoms with E-state index in [1.165, 1.54) is 29.1 Å². The molecule has 3 atom stereocenters. The number of nitrogens with one attached hydrogen (secondary N) is 1. The largest absolute Gasteiger partial charge is 0.327 e. The zero-order valence-corrected chi connectivity index (χ0v) is 11.6. The molecule has 0 radical (unpaired) electrons. The number of rotatable bonds is 5. The lowest BCUT2D eigenvalue weighted by atomic mass is 10.0. The molecule has 1 saturated carbocycles. The molecule has 0 bridgehead atoms. The summed E-state index contributed by atoms with van der Waals surface area (Å²) in [5, 5.41) is 4.78. The summed E-state index contributed by atoms with van der Waals surface area (Å²) < 4.78 is 0. The van der Waals surface area contributed by atoms with Gasteiger partial charge in [-0.15, -0.1) is 11.3 Å². The standard InChI is InChI=1S/C13H23N3S/c1-3-11-8-16-13(17-11)9(2)15-7-10-5-4-6-12(10)14/h8-10,12,15H,3-7,14H2,1-2H3. The molecule has 1 aromatic heterocycles. The second-order valence-corrected chi connectivity index (χ2v) is 6.15. The van der Waals surface area contributed by atoms with Crippen LogP contribution < -0.4 is 11.1 Å². The van der Waals surface area contributed by atoms with E-state index in [9.17, 15) is 0 Å². The Morgan fingerprint density at radius 2 is 2.41 bits per heavy atom. The lowest BCUT2D eigenvalue weighted by Gasteiger charge is -2.18. The van der Waals surface area contributed by atoms with E-state index in [1.54, 1.807) is 0 Å². The molecule has 0 aromatic carbocycles. The van der Waals surface area contributed by atoms with Gasteiger partial charge in [-0.2, -0.15) is 0 Å². The van der Waals surface area contributed by atoms with Crippen LogP contribution in [0.1, 0.15) is 49.0 Å². The minimum atomic E-state index is 0.355. The number of aromatic nitrogens is 1. The number of thiazole rings is 1. The summed E-state index contributed by atoms with van der Waals surface area (Å²) in [6, 6.07) is 0.755. The summed E-state index contributed by atoms with van der Waals surface area (Å²) in [5.74, 6) is 0.656. The Morgan fingerprint density at radius 1 is 1.59 bits per heavy atom. The first-order valence-corrected chi connectivity index (χ1v) is 7.46. The Morgan fingerprint density at radius 3 is 3.00 bits per heavy atom. The lowest BCUT2D eigenvalue weighted by molar-refractivity contribution is 0.416. The van der Waals surface area contributed by atoms with Gasteiger partial charge in [-0.05, 0) is 32.1 Å². The topological polar surface area (TPSA) is 50.9 Å². The number of nitrogens with zero attached hydrogens (tertiary/aromatic N) is 1. The van der Waals surface area contributed by atoms with E-state index < -0.39 is 0 Å². The highest BCUT2D eigenvalue weighted by Crippen LogP contribution is 2.25. The first-order valence-electron chi connectivity index (χ1n) is 6.64. The fraction of sp³-hybridized carbons (Fsp3) is 0.769. The molecule has 0 spiro atoms. The average molecular weight is 253 g/mol. The van der Waals surface area contributed by atoms with Gasteiger partial charge in [0.2, 0.25) is 0 Å². The van der Waals surface area contributed by atoms with Crippen molar-refractivity contribution in [2.24, 2.45) is 11.7 Å². The van der Waals surface area contributed by atoms with E-state index in [2.05, 4.69) is 24.1 Å². The van der Waals surface area contributed by atoms with Crippen molar-refractivity contribution in [3.63, 3.8) is 0 Å². The van der Waals surface area contributed by atoms with Gasteiger partial charge in [-0.25, -0.2) is 4.98 Å². The summed E-state index contributed by atoms with van der Waals surface area (Å²) in [6.07, 6.45) is 6.84. The smallest absolute Gasteiger partial charge is 0.109 e. The van der Waals surface area contributed by atoms with Crippen LogP contribution in [0, 0.1) is 5.92 Å². The molecular formula is C13H23N3S. The maximum absolute atomic E-state index is 6.08. The van der Waals surface area contributed by atoms with Crippen LogP contribution in [0.4, 0.5) is 0 Å². The van der Waals surface area contributed by atoms with Crippen molar-refractivity contribution in [3.8, 4) is 0 Å². The number of hydrogen-bond acceptors (Lipinski definition) is 4. The molecule has 0 amide bonds. The SMILES string of the molecule is CCc1cnc(C(C)NCC2CCCC2N)s1. The maximum Gasteiger partial charge on any atom is 0.109 e. The predicted molar refractivity (Wildman–Crippen MR) is 73.2 cm³/mol. The van der Waals surface area contributed by atoms with Crippen LogP contribution >= 0.6 is 11.3 Å². The Hall–Kier alpha value is -0.450. The number of aryl methyl sites for hydroxylation is 1. The number of hydrogen-bond donors (Lipinski definition) is 2. The molecule has 3 unspecified atom stereocenters. The third-order valence-electron chi connectivity index (χ3n) is 3.69. The van der Waals surface area contributed by atoms with Crippen molar-refractivity contribution in [1.82, 2.24) is 10.3 Å². The predicted octanol–water partition coefficient (Wildman–Crippen LogP) is 2.48. The minimum absolute atomic E-state index is 0.355. The molecule has 3 nitrogen and oxygen atoms in total. The van der Waals surface area contributed by atoms with Gasteiger partial charge in [0, 0.05) is 23.7 Å². The number of nitrogens with two attached hydrogens (primary N) is 1. The third kappa shape index (κ3) is 3.27. The van der Waals surface area contributed by atoms with Crippen molar-refractivity contribution in [2.75, 3.05) is 6.54 Å². The second-order valence-electron chi connectivity index (χ2n) is 5.00. The van der Waals surface area contributed by atoms with Crippen LogP contribution in [0.25, 0.3) is 0 Å². The maximum atomic E-state index is 6.08. The third-order valence-corrected chi connectivity index (χ3v) is 5.02. The molecule has 1 heterocycles. The van der Waals surface area contributed by atoms with Crippen molar-refractivity contribution >= 4 is 11.3 Å². The molecule has 1 aliphatic rings. The molecular weight excluding hydrogens is 230 g/mol. The van der Waals surface area contributed by atoms with Crippen LogP contribution in [0.5, 0.6) is 0 Å². The van der Waals surface area contributed by atoms with Gasteiger partial charge >= 0.3 is 0 Å². The van der Waals surface area contributed by atoms with E-state index in [0.29, 0.717) is 18.0 Å². The molecule has 2 rings (SSSR count). The monoisotopic (exact) mass is 253 g/mol. The van der Waals surface area contributed by atoms with E-state index >= 15 is 0 Å². The van der Waals surface area contributed by atoms with Crippen molar-refractivity contribution in [3.05, 3.63) is 16.1 Å². The Bertz CT molecular complexity index is 350. The zero-order valence-electron chi connectivity index (χ0n) is 10.8. The summed E-state index contributed by atoms with van der Waals surface area (Å²) in [6.45, 7) is 5.40. The van der Waals surface area contributed by atoms with Crippen LogP contribution in [-0.4, -0.2) is 17.6 Å². The highest BCUT2D eigenvalue weighted by molar-refractivity contribution is 7.11. The van der Waals surface area contributed by atoms with Gasteiger partial charge in [0.05, 0.1) is 6.04 Å². The van der Waals surface area contributed by atoms with Crippen molar-refractivity contribution < 1.29 is 0 Å². The van der Waals surface area contributed by atoms with Crippen LogP contribution in [0.2, 0.25) is 0 Å². The van der Waals surface area contributed by atoms with Gasteiger partial charge < -0.3 is 11.1 Å². The van der Waals surface area contributed by atoms with E-state index in [4.69, 9.17) is 5.73 Å². The highest BCUT2D eigenvalue weighted by Gasteiger charge is 2.24.